The summed E-state index contributed by atoms with van der Waals surface area (Å²) >= 11 is 0. The summed E-state index contributed by atoms with van der Waals surface area (Å²) in [6.07, 6.45) is 0. The van der Waals surface area contributed by atoms with Gasteiger partial charge in [0, 0.05) is 0 Å². The predicted molar refractivity (Wildman–Crippen MR) is 20.9 cm³/mol. The van der Waals surface area contributed by atoms with Crippen LogP contribution >= 0.6 is 0 Å². The van der Waals surface area contributed by atoms with Gasteiger partial charge in [-0.2, -0.15) is 0 Å². The fourth-order valence-electron chi connectivity index (χ4n) is 0. The zero-order valence-corrected chi connectivity index (χ0v) is 10.7. The molecule has 0 aromatic carbocycles. The summed E-state index contributed by atoms with van der Waals surface area (Å²) in [7, 11) is -0.500. The molecule has 0 aliphatic carbocycles. The van der Waals surface area contributed by atoms with Gasteiger partial charge in [-0.25, -0.2) is 0 Å². The molecule has 6 nitrogen and oxygen atoms in total. The van der Waals surface area contributed by atoms with Crippen molar-refractivity contribution >= 4 is 7.35 Å². The molecule has 0 atom stereocenters. The molecule has 0 heterocycles. The average molecular weight is 248 g/mol. The molecule has 0 radical (unpaired) electrons. The van der Waals surface area contributed by atoms with Crippen LogP contribution in [0.1, 0.15) is 0 Å². The Morgan fingerprint density at radius 1 is 1.00 bits per heavy atom. The van der Waals surface area contributed by atoms with Crippen LogP contribution in [0, 0.1) is 0 Å². The number of rotatable bonds is 0. The van der Waals surface area contributed by atoms with Crippen LogP contribution in [0.2, 0.25) is 0 Å². The molecule has 0 spiro atoms. The van der Waals surface area contributed by atoms with E-state index in [1.807, 2.05) is 0 Å². The Bertz CT molecular complexity index is 16.0. The van der Waals surface area contributed by atoms with Crippen molar-refractivity contribution in [2.24, 2.45) is 0 Å². The third-order valence-corrected chi connectivity index (χ3v) is 0. The molecule has 48 valence electrons. The molecule has 0 aliphatic rings. The molecule has 8 N–H and O–H groups in total. The number of hydrogen-bond acceptors (Lipinski definition) is 2. The standard InChI is InChI=1S/BO2.Cs.4H2O/c2-1-3;;;;;/h;;4*1H2/q-1;+1;;;;. The predicted octanol–water partition coefficient (Wildman–Crippen LogP) is -7.98. The maximum Gasteiger partial charge on any atom is 1.00 e. The first kappa shape index (κ1) is 55.3. The first-order valence-corrected chi connectivity index (χ1v) is 0.471. The van der Waals surface area contributed by atoms with E-state index in [-0.39, 0.29) is 90.8 Å². The van der Waals surface area contributed by atoms with E-state index in [0.717, 1.165) is 0 Å². The molecule has 0 aromatic rings. The van der Waals surface area contributed by atoms with Gasteiger partial charge in [0.05, 0.1) is 0 Å². The second-order valence-electron chi connectivity index (χ2n) is 0.0962. The molecular formula is H8BCsO6. The van der Waals surface area contributed by atoms with E-state index in [4.69, 9.17) is 9.73 Å². The smallest absolute Gasteiger partial charge is 1.00 e. The molecule has 8 heteroatoms. The monoisotopic (exact) mass is 248 g/mol. The van der Waals surface area contributed by atoms with Gasteiger partial charge in [-0.05, 0) is 0 Å². The zero-order valence-electron chi connectivity index (χ0n) is 4.39. The molecule has 0 saturated heterocycles. The van der Waals surface area contributed by atoms with Crippen LogP contribution in [-0.2, 0) is 4.70 Å². The van der Waals surface area contributed by atoms with E-state index < -0.39 is 7.35 Å². The van der Waals surface area contributed by atoms with Crippen molar-refractivity contribution < 1.29 is 101 Å². The van der Waals surface area contributed by atoms with Gasteiger partial charge < -0.3 is 21.9 Å². The Balaban J connectivity index is -0.00000000200. The Labute approximate surface area is 106 Å². The van der Waals surface area contributed by atoms with Gasteiger partial charge in [-0.15, -0.1) is 0 Å². The second kappa shape index (κ2) is 74.7. The van der Waals surface area contributed by atoms with Gasteiger partial charge in [-0.1, -0.05) is 0 Å². The molecule has 0 rings (SSSR count). The third kappa shape index (κ3) is 134. The molecule has 0 bridgehead atoms. The maximum atomic E-state index is 8.25. The third-order valence-electron chi connectivity index (χ3n) is 0. The van der Waals surface area contributed by atoms with Crippen molar-refractivity contribution in [1.29, 1.82) is 0 Å². The normalized spacial score (nSPS) is 1.00. The van der Waals surface area contributed by atoms with Crippen molar-refractivity contribution in [2.45, 2.75) is 0 Å². The molecular weight excluding hydrogens is 240 g/mol. The minimum Gasteiger partial charge on any atom is 1.00 e. The fourth-order valence-corrected chi connectivity index (χ4v) is 0. The van der Waals surface area contributed by atoms with E-state index in [1.165, 1.54) is 0 Å². The fraction of sp³-hybridized carbons (Fsp3) is 0. The summed E-state index contributed by atoms with van der Waals surface area (Å²) in [5, 5.41) is 8.25. The van der Waals surface area contributed by atoms with E-state index in [0.29, 0.717) is 0 Å². The number of hydrogen-bond donors (Lipinski definition) is 0. The molecule has 0 unspecified atom stereocenters. The van der Waals surface area contributed by atoms with Gasteiger partial charge in [0.15, 0.2) is 0 Å². The van der Waals surface area contributed by atoms with Crippen LogP contribution in [0.25, 0.3) is 0 Å². The summed E-state index contributed by atoms with van der Waals surface area (Å²) in [5.74, 6) is 0. The van der Waals surface area contributed by atoms with Crippen LogP contribution in [0.3, 0.4) is 0 Å². The van der Waals surface area contributed by atoms with Gasteiger partial charge in [0.1, 0.15) is 0 Å². The minimum absolute atomic E-state index is 0. The summed E-state index contributed by atoms with van der Waals surface area (Å²) in [4.78, 5) is 0. The Kier molecular flexibility index (Phi) is 517. The zero-order chi connectivity index (χ0) is 2.71. The summed E-state index contributed by atoms with van der Waals surface area (Å²) in [6, 6.07) is 0. The minimum atomic E-state index is -0.500. The van der Waals surface area contributed by atoms with Gasteiger partial charge in [-0.3, -0.25) is 0 Å². The van der Waals surface area contributed by atoms with Crippen molar-refractivity contribution in [1.82, 2.24) is 0 Å². The maximum absolute atomic E-state index is 8.25. The summed E-state index contributed by atoms with van der Waals surface area (Å²) < 4.78 is 8.25. The average Bonchev–Trinajstić information content (AvgIpc) is 0.918. The van der Waals surface area contributed by atoms with Gasteiger partial charge in [0.25, 0.3) is 0 Å². The first-order chi connectivity index (χ1) is 1.41. The van der Waals surface area contributed by atoms with Crippen molar-refractivity contribution in [3.8, 4) is 0 Å². The van der Waals surface area contributed by atoms with Crippen LogP contribution < -0.4 is 73.9 Å². The van der Waals surface area contributed by atoms with E-state index in [9.17, 15) is 0 Å². The van der Waals surface area contributed by atoms with Crippen LogP contribution in [-0.4, -0.2) is 29.3 Å². The molecule has 0 amide bonds. The Morgan fingerprint density at radius 3 is 1.00 bits per heavy atom. The van der Waals surface area contributed by atoms with E-state index >= 15 is 0 Å². The quantitative estimate of drug-likeness (QED) is 0.388. The van der Waals surface area contributed by atoms with Crippen LogP contribution in [0.15, 0.2) is 0 Å². The van der Waals surface area contributed by atoms with Gasteiger partial charge in [0.2, 0.25) is 0 Å². The molecule has 0 aromatic heterocycles. The molecule has 8 heavy (non-hydrogen) atoms. The first-order valence-electron chi connectivity index (χ1n) is 0.471. The Hall–Kier alpha value is 1.56. The van der Waals surface area contributed by atoms with Crippen molar-refractivity contribution in [3.05, 3.63) is 0 Å². The topological polar surface area (TPSA) is 166 Å². The largest absolute Gasteiger partial charge is 1.00 e. The van der Waals surface area contributed by atoms with Gasteiger partial charge >= 0.3 is 86.0 Å². The summed E-state index contributed by atoms with van der Waals surface area (Å²) in [6.45, 7) is 0. The van der Waals surface area contributed by atoms with Crippen molar-refractivity contribution in [2.75, 3.05) is 0 Å². The van der Waals surface area contributed by atoms with E-state index in [1.54, 1.807) is 0 Å². The summed E-state index contributed by atoms with van der Waals surface area (Å²) in [5.41, 5.74) is 0. The van der Waals surface area contributed by atoms with E-state index in [2.05, 4.69) is 0 Å². The molecule has 0 aliphatic heterocycles. The molecule has 0 fully saturated rings. The second-order valence-corrected chi connectivity index (χ2v) is 0.0962. The molecule has 0 saturated carbocycles. The van der Waals surface area contributed by atoms with Crippen LogP contribution in [0.5, 0.6) is 0 Å². The Morgan fingerprint density at radius 2 is 1.00 bits per heavy atom. The van der Waals surface area contributed by atoms with Crippen molar-refractivity contribution in [3.63, 3.8) is 0 Å². The SMILES string of the molecule is O.O.O.O.O=B[O-].[Cs+]. The van der Waals surface area contributed by atoms with Crippen LogP contribution in [0.4, 0.5) is 0 Å².